The second kappa shape index (κ2) is 10.3. The molecule has 11 heteroatoms. The molecule has 0 heterocycles. The fraction of sp³-hybridized carbons (Fsp3) is 0.0952. The summed E-state index contributed by atoms with van der Waals surface area (Å²) in [6.07, 6.45) is 0. The van der Waals surface area contributed by atoms with Crippen molar-refractivity contribution in [3.05, 3.63) is 92.4 Å². The SMILES string of the molecule is O=C(CN(Cc1ccc(Cl)c(Cl)c1)S(=O)(=O)c1ccc(Br)cc1)Nc1cc(F)ccc1F. The molecule has 0 saturated carbocycles. The van der Waals surface area contributed by atoms with Crippen LogP contribution in [0.15, 0.2) is 70.0 Å². The second-order valence-electron chi connectivity index (χ2n) is 6.65. The van der Waals surface area contributed by atoms with Crippen molar-refractivity contribution in [2.24, 2.45) is 0 Å². The smallest absolute Gasteiger partial charge is 0.243 e. The van der Waals surface area contributed by atoms with Crippen LogP contribution >= 0.6 is 39.1 Å². The summed E-state index contributed by atoms with van der Waals surface area (Å²) >= 11 is 15.2. The predicted molar refractivity (Wildman–Crippen MR) is 123 cm³/mol. The lowest BCUT2D eigenvalue weighted by atomic mass is 10.2. The number of nitrogens with one attached hydrogen (secondary N) is 1. The number of benzene rings is 3. The first-order chi connectivity index (χ1) is 15.1. The molecule has 0 unspecified atom stereocenters. The standard InChI is InChI=1S/C21H15BrCl2F2N2O3S/c22-14-2-5-16(6-3-14)32(30,31)28(11-13-1-7-17(23)18(24)9-13)12-21(29)27-20-10-15(25)4-8-19(20)26/h1-10H,11-12H2,(H,27,29). The van der Waals surface area contributed by atoms with E-state index in [0.717, 1.165) is 22.5 Å². The van der Waals surface area contributed by atoms with Gasteiger partial charge in [-0.2, -0.15) is 4.31 Å². The number of sulfonamides is 1. The van der Waals surface area contributed by atoms with Gasteiger partial charge in [0.2, 0.25) is 15.9 Å². The number of amides is 1. The maximum atomic E-state index is 13.9. The number of carbonyl (C=O) groups excluding carboxylic acids is 1. The fourth-order valence-corrected chi connectivity index (χ4v) is 4.74. The van der Waals surface area contributed by atoms with Gasteiger partial charge in [-0.25, -0.2) is 17.2 Å². The molecule has 0 spiro atoms. The Kier molecular flexibility index (Phi) is 7.89. The lowest BCUT2D eigenvalue weighted by molar-refractivity contribution is -0.116. The summed E-state index contributed by atoms with van der Waals surface area (Å²) in [5.74, 6) is -2.46. The summed E-state index contributed by atoms with van der Waals surface area (Å²) in [5.41, 5.74) is 0.0790. The normalized spacial score (nSPS) is 11.6. The van der Waals surface area contributed by atoms with Crippen LogP contribution in [-0.4, -0.2) is 25.2 Å². The molecule has 3 aromatic carbocycles. The van der Waals surface area contributed by atoms with Gasteiger partial charge in [0, 0.05) is 17.1 Å². The van der Waals surface area contributed by atoms with Crippen LogP contribution in [0.5, 0.6) is 0 Å². The highest BCUT2D eigenvalue weighted by molar-refractivity contribution is 9.10. The topological polar surface area (TPSA) is 66.5 Å². The second-order valence-corrected chi connectivity index (χ2v) is 10.3. The zero-order chi connectivity index (χ0) is 23.5. The molecule has 5 nitrogen and oxygen atoms in total. The van der Waals surface area contributed by atoms with Gasteiger partial charge in [0.25, 0.3) is 0 Å². The molecule has 0 aromatic heterocycles. The van der Waals surface area contributed by atoms with Crippen molar-refractivity contribution < 1.29 is 22.0 Å². The van der Waals surface area contributed by atoms with Crippen molar-refractivity contribution in [3.63, 3.8) is 0 Å². The molecule has 168 valence electrons. The highest BCUT2D eigenvalue weighted by Crippen LogP contribution is 2.26. The minimum Gasteiger partial charge on any atom is -0.322 e. The van der Waals surface area contributed by atoms with E-state index in [-0.39, 0.29) is 21.5 Å². The highest BCUT2D eigenvalue weighted by Gasteiger charge is 2.27. The van der Waals surface area contributed by atoms with Gasteiger partial charge in [0.1, 0.15) is 11.6 Å². The van der Waals surface area contributed by atoms with E-state index in [1.165, 1.54) is 24.3 Å². The maximum absolute atomic E-state index is 13.9. The monoisotopic (exact) mass is 562 g/mol. The molecular formula is C21H15BrCl2F2N2O3S. The van der Waals surface area contributed by atoms with Gasteiger partial charge in [-0.1, -0.05) is 45.2 Å². The number of carbonyl (C=O) groups is 1. The average Bonchev–Trinajstić information content (AvgIpc) is 2.73. The first-order valence-corrected chi connectivity index (χ1v) is 12.0. The van der Waals surface area contributed by atoms with Crippen molar-refractivity contribution >= 4 is 60.7 Å². The number of hydrogen-bond acceptors (Lipinski definition) is 3. The van der Waals surface area contributed by atoms with E-state index in [0.29, 0.717) is 10.0 Å². The minimum atomic E-state index is -4.14. The molecule has 1 N–H and O–H groups in total. The molecule has 0 aliphatic rings. The molecule has 32 heavy (non-hydrogen) atoms. The van der Waals surface area contributed by atoms with E-state index in [2.05, 4.69) is 21.2 Å². The highest BCUT2D eigenvalue weighted by atomic mass is 79.9. The quantitative estimate of drug-likeness (QED) is 0.391. The number of halogens is 5. The van der Waals surface area contributed by atoms with Crippen LogP contribution in [-0.2, 0) is 21.4 Å². The van der Waals surface area contributed by atoms with Crippen molar-refractivity contribution in [2.75, 3.05) is 11.9 Å². The van der Waals surface area contributed by atoms with Crippen LogP contribution in [0.3, 0.4) is 0 Å². The number of hydrogen-bond donors (Lipinski definition) is 1. The van der Waals surface area contributed by atoms with Crippen molar-refractivity contribution in [1.29, 1.82) is 0 Å². The third-order valence-corrected chi connectivity index (χ3v) is 7.39. The van der Waals surface area contributed by atoms with Crippen LogP contribution in [0.25, 0.3) is 0 Å². The lowest BCUT2D eigenvalue weighted by Crippen LogP contribution is -2.37. The van der Waals surface area contributed by atoms with E-state index in [9.17, 15) is 22.0 Å². The molecule has 0 atom stereocenters. The Hall–Kier alpha value is -2.04. The van der Waals surface area contributed by atoms with E-state index in [4.69, 9.17) is 23.2 Å². The Morgan fingerprint density at radius 2 is 1.66 bits per heavy atom. The molecule has 0 saturated heterocycles. The van der Waals surface area contributed by atoms with E-state index >= 15 is 0 Å². The molecule has 0 radical (unpaired) electrons. The third-order valence-electron chi connectivity index (χ3n) is 4.32. The minimum absolute atomic E-state index is 0.0505. The molecule has 3 aromatic rings. The summed E-state index contributed by atoms with van der Waals surface area (Å²) in [6, 6.07) is 13.0. The number of rotatable bonds is 7. The number of nitrogens with zero attached hydrogens (tertiary/aromatic N) is 1. The van der Waals surface area contributed by atoms with Crippen LogP contribution < -0.4 is 5.32 Å². The molecule has 0 aliphatic carbocycles. The first kappa shape index (κ1) is 24.6. The van der Waals surface area contributed by atoms with E-state index in [1.807, 2.05) is 0 Å². The summed E-state index contributed by atoms with van der Waals surface area (Å²) in [6.45, 7) is -0.872. The summed E-state index contributed by atoms with van der Waals surface area (Å²) in [7, 11) is -4.14. The first-order valence-electron chi connectivity index (χ1n) is 9.01. The van der Waals surface area contributed by atoms with E-state index < -0.39 is 39.8 Å². The fourth-order valence-electron chi connectivity index (χ4n) is 2.77. The maximum Gasteiger partial charge on any atom is 0.243 e. The van der Waals surface area contributed by atoms with Gasteiger partial charge in [-0.15, -0.1) is 0 Å². The van der Waals surface area contributed by atoms with Gasteiger partial charge < -0.3 is 5.32 Å². The van der Waals surface area contributed by atoms with Crippen molar-refractivity contribution in [2.45, 2.75) is 11.4 Å². The molecule has 1 amide bonds. The average molecular weight is 564 g/mol. The van der Waals surface area contributed by atoms with Gasteiger partial charge in [-0.05, 0) is 54.1 Å². The van der Waals surface area contributed by atoms with Crippen molar-refractivity contribution in [1.82, 2.24) is 4.31 Å². The molecule has 3 rings (SSSR count). The zero-order valence-electron chi connectivity index (χ0n) is 16.2. The molecule has 0 aliphatic heterocycles. The van der Waals surface area contributed by atoms with Crippen LogP contribution in [0.4, 0.5) is 14.5 Å². The Balaban J connectivity index is 1.92. The van der Waals surface area contributed by atoms with E-state index in [1.54, 1.807) is 18.2 Å². The third kappa shape index (κ3) is 6.05. The van der Waals surface area contributed by atoms with Gasteiger partial charge in [-0.3, -0.25) is 4.79 Å². The Bertz CT molecular complexity index is 1260. The molecular weight excluding hydrogens is 549 g/mol. The Morgan fingerprint density at radius 3 is 2.31 bits per heavy atom. The van der Waals surface area contributed by atoms with Gasteiger partial charge >= 0.3 is 0 Å². The Morgan fingerprint density at radius 1 is 0.969 bits per heavy atom. The summed E-state index contributed by atoms with van der Waals surface area (Å²) in [4.78, 5) is 12.5. The van der Waals surface area contributed by atoms with Gasteiger partial charge in [0.15, 0.2) is 0 Å². The zero-order valence-corrected chi connectivity index (χ0v) is 20.1. The lowest BCUT2D eigenvalue weighted by Gasteiger charge is -2.22. The van der Waals surface area contributed by atoms with Crippen LogP contribution in [0.1, 0.15) is 5.56 Å². The largest absolute Gasteiger partial charge is 0.322 e. The Labute approximate surface area is 202 Å². The van der Waals surface area contributed by atoms with Crippen LogP contribution in [0, 0.1) is 11.6 Å². The molecule has 0 bridgehead atoms. The predicted octanol–water partition coefficient (Wildman–Crippen LogP) is 5.86. The number of anilines is 1. The van der Waals surface area contributed by atoms with Gasteiger partial charge in [0.05, 0.1) is 27.2 Å². The molecule has 0 fully saturated rings. The summed E-state index contributed by atoms with van der Waals surface area (Å²) in [5, 5.41) is 2.71. The summed E-state index contributed by atoms with van der Waals surface area (Å²) < 4.78 is 55.4. The van der Waals surface area contributed by atoms with Crippen molar-refractivity contribution in [3.8, 4) is 0 Å². The van der Waals surface area contributed by atoms with Crippen LogP contribution in [0.2, 0.25) is 10.0 Å².